The average Bonchev–Trinajstić information content (AvgIpc) is 3.24. The lowest BCUT2D eigenvalue weighted by Gasteiger charge is -2.20. The molecule has 0 spiro atoms. The molecular formula is C21H24F3N7O. The smallest absolute Gasteiger partial charge is 0.399 e. The Kier molecular flexibility index (Phi) is 5.76. The van der Waals surface area contributed by atoms with Crippen LogP contribution >= 0.6 is 0 Å². The molecule has 0 amide bonds. The minimum absolute atomic E-state index is 0.0125. The van der Waals surface area contributed by atoms with Crippen LogP contribution in [0.15, 0.2) is 24.4 Å². The highest BCUT2D eigenvalue weighted by Gasteiger charge is 2.33. The molecule has 32 heavy (non-hydrogen) atoms. The number of ether oxygens (including phenoxy) is 1. The van der Waals surface area contributed by atoms with Crippen LogP contribution in [-0.2, 0) is 10.9 Å². The normalized spacial score (nSPS) is 17.7. The molecule has 2 atom stereocenters. The number of methoxy groups -OCH3 is 1. The fraction of sp³-hybridized carbons (Fsp3) is 0.429. The molecule has 3 aromatic heterocycles. The van der Waals surface area contributed by atoms with Gasteiger partial charge in [-0.05, 0) is 38.5 Å². The molecule has 1 fully saturated rings. The molecule has 0 aromatic carbocycles. The number of nitrogens with zero attached hydrogens (tertiary/aromatic N) is 5. The van der Waals surface area contributed by atoms with E-state index in [4.69, 9.17) is 10.5 Å². The summed E-state index contributed by atoms with van der Waals surface area (Å²) in [5, 5.41) is 12.2. The Hall–Kier alpha value is -3.21. The Morgan fingerprint density at radius 3 is 2.72 bits per heavy atom. The van der Waals surface area contributed by atoms with Crippen LogP contribution in [0.4, 0.5) is 30.4 Å². The summed E-state index contributed by atoms with van der Waals surface area (Å²) in [4.78, 5) is 10.5. The second-order valence-corrected chi connectivity index (χ2v) is 7.89. The summed E-state index contributed by atoms with van der Waals surface area (Å²) < 4.78 is 44.9. The second kappa shape index (κ2) is 8.38. The van der Waals surface area contributed by atoms with E-state index in [1.54, 1.807) is 27.2 Å². The van der Waals surface area contributed by atoms with Gasteiger partial charge in [0.25, 0.3) is 0 Å². The summed E-state index contributed by atoms with van der Waals surface area (Å²) in [6, 6.07) is 3.59. The minimum Gasteiger partial charge on any atom is -0.399 e. The van der Waals surface area contributed by atoms with Crippen molar-refractivity contribution in [2.75, 3.05) is 36.1 Å². The number of nitrogens with one attached hydrogen (secondary N) is 1. The van der Waals surface area contributed by atoms with Gasteiger partial charge in [0.05, 0.1) is 40.9 Å². The number of alkyl halides is 3. The van der Waals surface area contributed by atoms with E-state index >= 15 is 0 Å². The third-order valence-electron chi connectivity index (χ3n) is 5.57. The first-order valence-electron chi connectivity index (χ1n) is 10.2. The molecule has 0 aliphatic carbocycles. The van der Waals surface area contributed by atoms with Crippen LogP contribution < -0.4 is 16.0 Å². The van der Waals surface area contributed by atoms with Gasteiger partial charge in [0.15, 0.2) is 5.82 Å². The molecule has 1 saturated heterocycles. The molecule has 0 radical (unpaired) electrons. The Labute approximate surface area is 183 Å². The van der Waals surface area contributed by atoms with Gasteiger partial charge in [-0.15, -0.1) is 5.10 Å². The van der Waals surface area contributed by atoms with E-state index in [0.717, 1.165) is 36.7 Å². The lowest BCUT2D eigenvalue weighted by Crippen LogP contribution is -2.22. The van der Waals surface area contributed by atoms with E-state index in [-0.39, 0.29) is 17.5 Å². The second-order valence-electron chi connectivity index (χ2n) is 7.89. The first kappa shape index (κ1) is 22.0. The largest absolute Gasteiger partial charge is 0.433 e. The third kappa shape index (κ3) is 4.38. The zero-order chi connectivity index (χ0) is 23.0. The van der Waals surface area contributed by atoms with Crippen LogP contribution in [0.25, 0.3) is 10.9 Å². The standard InChI is InChI=1S/C21H24F3N7O/c1-11(17-6-13(25)7-18(28-17)21(22,23)24)27-20-16-8-14(31-5-4-15(10-31)32-3)9-26-19(16)12(2)29-30-20/h6-9,11,15H,4-5,10H2,1-3H3,(H2,25,28)(H,27,30)/t11-,15+/m1/s1. The van der Waals surface area contributed by atoms with Crippen molar-refractivity contribution in [1.29, 1.82) is 0 Å². The summed E-state index contributed by atoms with van der Waals surface area (Å²) in [7, 11) is 1.70. The number of pyridine rings is 2. The van der Waals surface area contributed by atoms with Gasteiger partial charge in [-0.3, -0.25) is 4.98 Å². The van der Waals surface area contributed by atoms with Crippen molar-refractivity contribution in [3.8, 4) is 0 Å². The molecule has 11 heteroatoms. The van der Waals surface area contributed by atoms with Crippen LogP contribution in [0, 0.1) is 6.92 Å². The zero-order valence-corrected chi connectivity index (χ0v) is 17.9. The van der Waals surface area contributed by atoms with E-state index in [0.29, 0.717) is 17.0 Å². The van der Waals surface area contributed by atoms with Crippen molar-refractivity contribution in [1.82, 2.24) is 20.2 Å². The van der Waals surface area contributed by atoms with Crippen molar-refractivity contribution in [2.45, 2.75) is 38.6 Å². The third-order valence-corrected chi connectivity index (χ3v) is 5.57. The molecule has 4 heterocycles. The Balaban J connectivity index is 1.68. The predicted octanol–water partition coefficient (Wildman–Crippen LogP) is 3.73. The minimum atomic E-state index is -4.59. The molecule has 3 aromatic rings. The summed E-state index contributed by atoms with van der Waals surface area (Å²) in [5.41, 5.74) is 7.03. The van der Waals surface area contributed by atoms with Crippen LogP contribution in [-0.4, -0.2) is 46.5 Å². The number of aryl methyl sites for hydroxylation is 1. The topological polar surface area (TPSA) is 102 Å². The molecule has 8 nitrogen and oxygen atoms in total. The van der Waals surface area contributed by atoms with Gasteiger partial charge in [-0.2, -0.15) is 18.3 Å². The lowest BCUT2D eigenvalue weighted by atomic mass is 10.1. The molecule has 0 bridgehead atoms. The fourth-order valence-electron chi connectivity index (χ4n) is 3.80. The van der Waals surface area contributed by atoms with Crippen LogP contribution in [0.1, 0.15) is 36.5 Å². The quantitative estimate of drug-likeness (QED) is 0.610. The Morgan fingerprint density at radius 1 is 1.25 bits per heavy atom. The molecular weight excluding hydrogens is 423 g/mol. The van der Waals surface area contributed by atoms with Crippen molar-refractivity contribution in [3.05, 3.63) is 41.5 Å². The highest BCUT2D eigenvalue weighted by atomic mass is 19.4. The van der Waals surface area contributed by atoms with E-state index in [2.05, 4.69) is 30.4 Å². The van der Waals surface area contributed by atoms with E-state index < -0.39 is 17.9 Å². The van der Waals surface area contributed by atoms with Crippen LogP contribution in [0.3, 0.4) is 0 Å². The molecule has 4 rings (SSSR count). The number of halogens is 3. The van der Waals surface area contributed by atoms with Gasteiger partial charge >= 0.3 is 6.18 Å². The number of anilines is 3. The number of nitrogens with two attached hydrogens (primary N) is 1. The monoisotopic (exact) mass is 447 g/mol. The van der Waals surface area contributed by atoms with Crippen LogP contribution in [0.2, 0.25) is 0 Å². The van der Waals surface area contributed by atoms with E-state index in [1.165, 1.54) is 6.07 Å². The molecule has 1 aliphatic rings. The average molecular weight is 447 g/mol. The summed E-state index contributed by atoms with van der Waals surface area (Å²) in [6.07, 6.45) is -1.71. The van der Waals surface area contributed by atoms with Gasteiger partial charge in [0, 0.05) is 31.3 Å². The van der Waals surface area contributed by atoms with Gasteiger partial charge in [-0.1, -0.05) is 0 Å². The maximum absolute atomic E-state index is 13.2. The summed E-state index contributed by atoms with van der Waals surface area (Å²) >= 11 is 0. The highest BCUT2D eigenvalue weighted by Crippen LogP contribution is 2.32. The Morgan fingerprint density at radius 2 is 2.03 bits per heavy atom. The fourth-order valence-corrected chi connectivity index (χ4v) is 3.80. The maximum Gasteiger partial charge on any atom is 0.433 e. The van der Waals surface area contributed by atoms with Crippen LogP contribution in [0.5, 0.6) is 0 Å². The molecule has 0 unspecified atom stereocenters. The number of fused-ring (bicyclic) bond motifs is 1. The number of rotatable bonds is 5. The maximum atomic E-state index is 13.2. The molecule has 170 valence electrons. The number of hydrogen-bond donors (Lipinski definition) is 2. The van der Waals surface area contributed by atoms with Crippen molar-refractivity contribution >= 4 is 28.1 Å². The number of nitrogen functional groups attached to an aromatic ring is 1. The van der Waals surface area contributed by atoms with Gasteiger partial charge < -0.3 is 20.7 Å². The van der Waals surface area contributed by atoms with Gasteiger partial charge in [0.1, 0.15) is 5.69 Å². The predicted molar refractivity (Wildman–Crippen MR) is 115 cm³/mol. The van der Waals surface area contributed by atoms with Crippen molar-refractivity contribution in [2.24, 2.45) is 0 Å². The Bertz CT molecular complexity index is 1140. The zero-order valence-electron chi connectivity index (χ0n) is 17.9. The van der Waals surface area contributed by atoms with E-state index in [1.807, 2.05) is 6.07 Å². The summed E-state index contributed by atoms with van der Waals surface area (Å²) in [6.45, 7) is 5.10. The first-order valence-corrected chi connectivity index (χ1v) is 10.2. The first-order chi connectivity index (χ1) is 15.2. The number of hydrogen-bond acceptors (Lipinski definition) is 8. The molecule has 1 aliphatic heterocycles. The number of aromatic nitrogens is 4. The molecule has 0 saturated carbocycles. The van der Waals surface area contributed by atoms with Gasteiger partial charge in [0.2, 0.25) is 0 Å². The summed E-state index contributed by atoms with van der Waals surface area (Å²) in [5.74, 6) is 0.410. The van der Waals surface area contributed by atoms with Gasteiger partial charge in [-0.25, -0.2) is 4.98 Å². The SMILES string of the molecule is CO[C@H]1CCN(c2cnc3c(C)nnc(N[C@H](C)c4cc(N)cc(C(F)(F)F)n4)c3c2)C1. The van der Waals surface area contributed by atoms with Crippen molar-refractivity contribution < 1.29 is 17.9 Å². The molecule has 3 N–H and O–H groups in total. The lowest BCUT2D eigenvalue weighted by molar-refractivity contribution is -0.141. The van der Waals surface area contributed by atoms with Crippen molar-refractivity contribution in [3.63, 3.8) is 0 Å². The van der Waals surface area contributed by atoms with E-state index in [9.17, 15) is 13.2 Å². The highest BCUT2D eigenvalue weighted by molar-refractivity contribution is 5.92.